The molecule has 3 nitrogen and oxygen atoms in total. The Morgan fingerprint density at radius 1 is 0.812 bits per heavy atom. The lowest BCUT2D eigenvalue weighted by atomic mass is 10.0. The second kappa shape index (κ2) is 10.7. The monoisotopic (exact) mass is 437 g/mol. The first kappa shape index (κ1) is 21.8. The van der Waals surface area contributed by atoms with Gasteiger partial charge in [0.25, 0.3) is 0 Å². The molecule has 0 spiro atoms. The van der Waals surface area contributed by atoms with Gasteiger partial charge in [0, 0.05) is 29.4 Å². The molecule has 1 atom stereocenters. The van der Waals surface area contributed by atoms with Crippen LogP contribution in [0.15, 0.2) is 91.3 Å². The standard InChI is InChI=1S/C28H24ClN3/c29-25-15-12-23(13-16-25)24-14-17-26(32-20-24)6-2-1-5-21-8-10-22(11-9-21)19-27(30)28-7-3-4-18-31-28/h3-4,7-18,20,27H,1,5,19,30H2. The molecule has 0 fully saturated rings. The molecule has 0 amide bonds. The number of aryl methyl sites for hydroxylation is 1. The predicted molar refractivity (Wildman–Crippen MR) is 131 cm³/mol. The Hall–Kier alpha value is -3.45. The molecule has 0 aliphatic heterocycles. The topological polar surface area (TPSA) is 51.8 Å². The van der Waals surface area contributed by atoms with Gasteiger partial charge in [0.1, 0.15) is 5.69 Å². The molecule has 0 aliphatic carbocycles. The number of nitrogens with zero attached hydrogens (tertiary/aromatic N) is 2. The van der Waals surface area contributed by atoms with Gasteiger partial charge in [-0.3, -0.25) is 4.98 Å². The van der Waals surface area contributed by atoms with E-state index < -0.39 is 0 Å². The number of nitrogens with two attached hydrogens (primary N) is 1. The third-order valence-electron chi connectivity index (χ3n) is 5.24. The number of rotatable bonds is 6. The molecule has 0 aliphatic rings. The van der Waals surface area contributed by atoms with Gasteiger partial charge in [-0.1, -0.05) is 66.1 Å². The van der Waals surface area contributed by atoms with Crippen molar-refractivity contribution in [1.82, 2.24) is 9.97 Å². The quantitative estimate of drug-likeness (QED) is 0.375. The number of pyridine rings is 2. The van der Waals surface area contributed by atoms with Gasteiger partial charge in [-0.2, -0.15) is 0 Å². The van der Waals surface area contributed by atoms with Gasteiger partial charge in [0.05, 0.1) is 11.7 Å². The maximum atomic E-state index is 6.27. The van der Waals surface area contributed by atoms with Crippen molar-refractivity contribution in [3.05, 3.63) is 119 Å². The summed E-state index contributed by atoms with van der Waals surface area (Å²) in [4.78, 5) is 8.80. The zero-order valence-corrected chi connectivity index (χ0v) is 18.5. The highest BCUT2D eigenvalue weighted by molar-refractivity contribution is 6.30. The highest BCUT2D eigenvalue weighted by Gasteiger charge is 2.07. The number of benzene rings is 2. The molecule has 2 heterocycles. The van der Waals surface area contributed by atoms with Crippen LogP contribution in [0.5, 0.6) is 0 Å². The molecular formula is C28H24ClN3. The first-order valence-corrected chi connectivity index (χ1v) is 11.0. The van der Waals surface area contributed by atoms with Crippen LogP contribution in [0, 0.1) is 11.8 Å². The Morgan fingerprint density at radius 3 is 2.25 bits per heavy atom. The van der Waals surface area contributed by atoms with Gasteiger partial charge in [-0.25, -0.2) is 4.98 Å². The fraction of sp³-hybridized carbons (Fsp3) is 0.143. The van der Waals surface area contributed by atoms with E-state index in [4.69, 9.17) is 17.3 Å². The van der Waals surface area contributed by atoms with Crippen molar-refractivity contribution in [2.75, 3.05) is 0 Å². The first-order valence-electron chi connectivity index (χ1n) is 10.6. The lowest BCUT2D eigenvalue weighted by Gasteiger charge is -2.11. The average molecular weight is 438 g/mol. The minimum atomic E-state index is -0.0912. The van der Waals surface area contributed by atoms with Crippen LogP contribution < -0.4 is 5.73 Å². The van der Waals surface area contributed by atoms with E-state index in [1.807, 2.05) is 60.8 Å². The number of hydrogen-bond acceptors (Lipinski definition) is 3. The van der Waals surface area contributed by atoms with Gasteiger partial charge in [0.2, 0.25) is 0 Å². The summed E-state index contributed by atoms with van der Waals surface area (Å²) in [6, 6.07) is 26.1. The van der Waals surface area contributed by atoms with E-state index in [0.29, 0.717) is 0 Å². The first-order chi connectivity index (χ1) is 15.7. The van der Waals surface area contributed by atoms with Crippen LogP contribution in [-0.2, 0) is 12.8 Å². The van der Waals surface area contributed by atoms with Crippen molar-refractivity contribution in [2.24, 2.45) is 5.73 Å². The van der Waals surface area contributed by atoms with Gasteiger partial charge in [0.15, 0.2) is 0 Å². The summed E-state index contributed by atoms with van der Waals surface area (Å²) in [6.45, 7) is 0. The van der Waals surface area contributed by atoms with E-state index >= 15 is 0 Å². The summed E-state index contributed by atoms with van der Waals surface area (Å²) in [5.74, 6) is 6.38. The third kappa shape index (κ3) is 6.04. The van der Waals surface area contributed by atoms with Crippen molar-refractivity contribution < 1.29 is 0 Å². The van der Waals surface area contributed by atoms with Gasteiger partial charge >= 0.3 is 0 Å². The van der Waals surface area contributed by atoms with E-state index in [9.17, 15) is 0 Å². The van der Waals surface area contributed by atoms with Crippen molar-refractivity contribution in [3.8, 4) is 23.0 Å². The molecule has 2 N–H and O–H groups in total. The lowest BCUT2D eigenvalue weighted by molar-refractivity contribution is 0.696. The number of aromatic nitrogens is 2. The van der Waals surface area contributed by atoms with Crippen LogP contribution in [0.4, 0.5) is 0 Å². The van der Waals surface area contributed by atoms with E-state index in [2.05, 4.69) is 46.1 Å². The number of hydrogen-bond donors (Lipinski definition) is 1. The van der Waals surface area contributed by atoms with E-state index in [-0.39, 0.29) is 6.04 Å². The van der Waals surface area contributed by atoms with Crippen molar-refractivity contribution >= 4 is 11.6 Å². The summed E-state index contributed by atoms with van der Waals surface area (Å²) in [5, 5.41) is 0.729. The van der Waals surface area contributed by atoms with Crippen molar-refractivity contribution in [1.29, 1.82) is 0 Å². The van der Waals surface area contributed by atoms with Crippen LogP contribution in [0.1, 0.15) is 35.0 Å². The summed E-state index contributed by atoms with van der Waals surface area (Å²) in [5.41, 5.74) is 12.6. The SMILES string of the molecule is NC(Cc1ccc(CCC#Cc2ccc(-c3ccc(Cl)cc3)cn2)cc1)c1ccccn1. The van der Waals surface area contributed by atoms with Gasteiger partial charge < -0.3 is 5.73 Å². The van der Waals surface area contributed by atoms with Crippen LogP contribution in [0.2, 0.25) is 5.02 Å². The smallest absolute Gasteiger partial charge is 0.113 e. The number of halogens is 1. The molecule has 158 valence electrons. The largest absolute Gasteiger partial charge is 0.322 e. The molecule has 4 heteroatoms. The molecule has 0 saturated heterocycles. The molecule has 2 aromatic carbocycles. The molecule has 32 heavy (non-hydrogen) atoms. The van der Waals surface area contributed by atoms with E-state index in [1.54, 1.807) is 6.20 Å². The Morgan fingerprint density at radius 2 is 1.56 bits per heavy atom. The third-order valence-corrected chi connectivity index (χ3v) is 5.49. The van der Waals surface area contributed by atoms with Gasteiger partial charge in [-0.15, -0.1) is 0 Å². The Kier molecular flexibility index (Phi) is 7.30. The molecule has 1 unspecified atom stereocenters. The second-order valence-electron chi connectivity index (χ2n) is 7.62. The molecular weight excluding hydrogens is 414 g/mol. The van der Waals surface area contributed by atoms with Crippen LogP contribution >= 0.6 is 11.6 Å². The zero-order chi connectivity index (χ0) is 22.2. The van der Waals surface area contributed by atoms with Crippen molar-refractivity contribution in [3.63, 3.8) is 0 Å². The van der Waals surface area contributed by atoms with E-state index in [0.717, 1.165) is 46.8 Å². The predicted octanol–water partition coefficient (Wildman–Crippen LogP) is 6.02. The Balaban J connectivity index is 1.28. The maximum Gasteiger partial charge on any atom is 0.113 e. The molecule has 2 aromatic heterocycles. The summed E-state index contributed by atoms with van der Waals surface area (Å²) >= 11 is 5.95. The summed E-state index contributed by atoms with van der Waals surface area (Å²) in [7, 11) is 0. The zero-order valence-electron chi connectivity index (χ0n) is 17.7. The summed E-state index contributed by atoms with van der Waals surface area (Å²) in [6.07, 6.45) is 6.09. The molecule has 0 radical (unpaired) electrons. The molecule has 0 bridgehead atoms. The molecule has 4 aromatic rings. The minimum Gasteiger partial charge on any atom is -0.322 e. The van der Waals surface area contributed by atoms with E-state index in [1.165, 1.54) is 11.1 Å². The lowest BCUT2D eigenvalue weighted by Crippen LogP contribution is -2.14. The Bertz CT molecular complexity index is 1190. The van der Waals surface area contributed by atoms with Crippen LogP contribution in [0.3, 0.4) is 0 Å². The fourth-order valence-corrected chi connectivity index (χ4v) is 3.56. The molecule has 4 rings (SSSR count). The normalized spacial score (nSPS) is 11.4. The second-order valence-corrected chi connectivity index (χ2v) is 8.06. The van der Waals surface area contributed by atoms with Crippen LogP contribution in [-0.4, -0.2) is 9.97 Å². The fourth-order valence-electron chi connectivity index (χ4n) is 3.44. The summed E-state index contributed by atoms with van der Waals surface area (Å²) < 4.78 is 0. The van der Waals surface area contributed by atoms with Gasteiger partial charge in [-0.05, 0) is 65.8 Å². The maximum absolute atomic E-state index is 6.27. The molecule has 0 saturated carbocycles. The highest BCUT2D eigenvalue weighted by atomic mass is 35.5. The Labute approximate surface area is 194 Å². The average Bonchev–Trinajstić information content (AvgIpc) is 2.84. The highest BCUT2D eigenvalue weighted by Crippen LogP contribution is 2.20. The minimum absolute atomic E-state index is 0.0912. The van der Waals surface area contributed by atoms with Crippen LogP contribution in [0.25, 0.3) is 11.1 Å². The van der Waals surface area contributed by atoms with Crippen molar-refractivity contribution in [2.45, 2.75) is 25.3 Å².